The molecule has 3 aliphatic rings. The van der Waals surface area contributed by atoms with E-state index in [0.29, 0.717) is 23.6 Å². The molecule has 2 saturated heterocycles. The number of carbonyl (C=O) groups excluding carboxylic acids is 4. The van der Waals surface area contributed by atoms with Crippen LogP contribution >= 0.6 is 0 Å². The number of aromatic nitrogens is 1. The van der Waals surface area contributed by atoms with E-state index < -0.39 is 35.6 Å². The van der Waals surface area contributed by atoms with Gasteiger partial charge in [-0.05, 0) is 42.8 Å². The van der Waals surface area contributed by atoms with Crippen molar-refractivity contribution in [3.63, 3.8) is 0 Å². The first-order valence-electron chi connectivity index (χ1n) is 12.6. The Labute approximate surface area is 214 Å². The van der Waals surface area contributed by atoms with Gasteiger partial charge < -0.3 is 4.90 Å². The molecule has 0 aliphatic carbocycles. The van der Waals surface area contributed by atoms with Gasteiger partial charge in [0.15, 0.2) is 0 Å². The van der Waals surface area contributed by atoms with Crippen molar-refractivity contribution in [2.75, 3.05) is 21.2 Å². The van der Waals surface area contributed by atoms with E-state index in [4.69, 9.17) is 0 Å². The first-order valence-corrected chi connectivity index (χ1v) is 12.6. The van der Waals surface area contributed by atoms with Crippen molar-refractivity contribution in [2.24, 2.45) is 17.8 Å². The summed E-state index contributed by atoms with van der Waals surface area (Å²) >= 11 is 0. The summed E-state index contributed by atoms with van der Waals surface area (Å²) in [6, 6.07) is 20.3. The first kappa shape index (κ1) is 23.1. The molecule has 8 heteroatoms. The normalized spacial score (nSPS) is 25.1. The zero-order valence-electron chi connectivity index (χ0n) is 20.4. The molecule has 3 aliphatic heterocycles. The lowest BCUT2D eigenvalue weighted by molar-refractivity contribution is -0.130. The Morgan fingerprint density at radius 3 is 1.95 bits per heavy atom. The van der Waals surface area contributed by atoms with Crippen LogP contribution in [0.2, 0.25) is 0 Å². The SMILES string of the molecule is CCCN1c2cccnc2C[C@@H]2C(=O)N(c3ccccc3)C(=O)[C@H]2[C@@H]2C(=O)N(c3ccccc3)C(=O)[C@@H]21. The van der Waals surface area contributed by atoms with Gasteiger partial charge in [-0.1, -0.05) is 43.3 Å². The van der Waals surface area contributed by atoms with Crippen LogP contribution in [0.25, 0.3) is 0 Å². The highest BCUT2D eigenvalue weighted by molar-refractivity contribution is 6.29. The van der Waals surface area contributed by atoms with Crippen LogP contribution in [0.15, 0.2) is 79.0 Å². The molecule has 2 aromatic carbocycles. The van der Waals surface area contributed by atoms with Crippen LogP contribution in [-0.4, -0.2) is 41.2 Å². The molecule has 37 heavy (non-hydrogen) atoms. The van der Waals surface area contributed by atoms with Crippen molar-refractivity contribution in [3.05, 3.63) is 84.7 Å². The second-order valence-corrected chi connectivity index (χ2v) is 9.66. The monoisotopic (exact) mass is 494 g/mol. The number of anilines is 3. The number of nitrogens with zero attached hydrogens (tertiary/aromatic N) is 4. The fourth-order valence-electron chi connectivity index (χ4n) is 6.09. The lowest BCUT2D eigenvalue weighted by atomic mass is 9.76. The maximum absolute atomic E-state index is 14.1. The number of amides is 4. The van der Waals surface area contributed by atoms with Gasteiger partial charge in [0.05, 0.1) is 40.5 Å². The third kappa shape index (κ3) is 3.47. The van der Waals surface area contributed by atoms with Gasteiger partial charge in [0.1, 0.15) is 6.04 Å². The molecule has 8 nitrogen and oxygen atoms in total. The third-order valence-electron chi connectivity index (χ3n) is 7.60. The number of hydrogen-bond acceptors (Lipinski definition) is 6. The summed E-state index contributed by atoms with van der Waals surface area (Å²) in [5.74, 6) is -4.41. The zero-order valence-corrected chi connectivity index (χ0v) is 20.4. The Kier molecular flexibility index (Phi) is 5.59. The zero-order chi connectivity index (χ0) is 25.7. The molecular formula is C29H26N4O4. The maximum Gasteiger partial charge on any atom is 0.257 e. The minimum absolute atomic E-state index is 0.213. The van der Waals surface area contributed by atoms with Gasteiger partial charge in [-0.25, -0.2) is 4.90 Å². The largest absolute Gasteiger partial charge is 0.357 e. The second kappa shape index (κ2) is 8.96. The molecule has 6 rings (SSSR count). The summed E-state index contributed by atoms with van der Waals surface area (Å²) in [5, 5.41) is 0. The van der Waals surface area contributed by atoms with E-state index in [1.54, 1.807) is 60.8 Å². The minimum Gasteiger partial charge on any atom is -0.357 e. The lowest BCUT2D eigenvalue weighted by Crippen LogP contribution is -2.50. The quantitative estimate of drug-likeness (QED) is 0.518. The summed E-state index contributed by atoms with van der Waals surface area (Å²) in [5.41, 5.74) is 2.30. The summed E-state index contributed by atoms with van der Waals surface area (Å²) in [6.45, 7) is 2.51. The highest BCUT2D eigenvalue weighted by Gasteiger charge is 2.63. The Hall–Kier alpha value is -4.33. The number of benzene rings is 2. The fraction of sp³-hybridized carbons (Fsp3) is 0.276. The van der Waals surface area contributed by atoms with Gasteiger partial charge in [-0.15, -0.1) is 0 Å². The Morgan fingerprint density at radius 1 is 0.730 bits per heavy atom. The Bertz CT molecular complexity index is 1390. The molecule has 0 radical (unpaired) electrons. The number of fused-ring (bicyclic) bond motifs is 4. The minimum atomic E-state index is -0.997. The van der Waals surface area contributed by atoms with Crippen LogP contribution in [-0.2, 0) is 25.6 Å². The van der Waals surface area contributed by atoms with Gasteiger partial charge in [-0.2, -0.15) is 0 Å². The van der Waals surface area contributed by atoms with Crippen LogP contribution in [0.1, 0.15) is 19.0 Å². The number of para-hydroxylation sites is 2. The van der Waals surface area contributed by atoms with Crippen molar-refractivity contribution in [1.82, 2.24) is 4.98 Å². The van der Waals surface area contributed by atoms with Crippen LogP contribution in [0.5, 0.6) is 0 Å². The third-order valence-corrected chi connectivity index (χ3v) is 7.60. The van der Waals surface area contributed by atoms with Gasteiger partial charge in [-0.3, -0.25) is 29.1 Å². The maximum atomic E-state index is 14.1. The summed E-state index contributed by atoms with van der Waals surface area (Å²) in [6.07, 6.45) is 2.59. The van der Waals surface area contributed by atoms with Crippen LogP contribution < -0.4 is 14.7 Å². The first-order chi connectivity index (χ1) is 18.0. The van der Waals surface area contributed by atoms with Crippen molar-refractivity contribution in [2.45, 2.75) is 25.8 Å². The molecule has 0 saturated carbocycles. The van der Waals surface area contributed by atoms with E-state index in [9.17, 15) is 19.2 Å². The van der Waals surface area contributed by atoms with E-state index in [0.717, 1.165) is 12.1 Å². The van der Waals surface area contributed by atoms with Crippen LogP contribution in [0.3, 0.4) is 0 Å². The standard InChI is InChI=1S/C29H26N4O4/c1-2-16-31-22-14-9-15-30-21(22)17-20-23(27(35)32(26(20)34)18-10-5-3-6-11-18)24-25(31)29(37)33(28(24)36)19-12-7-4-8-13-19/h3-15,20,23-25H,2,16-17H2,1H3/t20-,23+,24-,25+/m0/s1. The molecule has 4 atom stereocenters. The molecular weight excluding hydrogens is 468 g/mol. The van der Waals surface area contributed by atoms with Crippen molar-refractivity contribution in [1.29, 1.82) is 0 Å². The van der Waals surface area contributed by atoms with E-state index in [1.807, 2.05) is 30.0 Å². The fourth-order valence-corrected chi connectivity index (χ4v) is 6.09. The number of imide groups is 2. The molecule has 0 spiro atoms. The summed E-state index contributed by atoms with van der Waals surface area (Å²) in [4.78, 5) is 64.9. The summed E-state index contributed by atoms with van der Waals surface area (Å²) < 4.78 is 0. The molecule has 1 aromatic heterocycles. The molecule has 0 N–H and O–H groups in total. The van der Waals surface area contributed by atoms with Gasteiger partial charge in [0, 0.05) is 19.2 Å². The van der Waals surface area contributed by atoms with Crippen molar-refractivity contribution >= 4 is 40.7 Å². The van der Waals surface area contributed by atoms with E-state index in [1.165, 1.54) is 9.80 Å². The Morgan fingerprint density at radius 2 is 1.32 bits per heavy atom. The highest BCUT2D eigenvalue weighted by Crippen LogP contribution is 2.47. The van der Waals surface area contributed by atoms with Crippen LogP contribution in [0, 0.1) is 17.8 Å². The van der Waals surface area contributed by atoms with Crippen molar-refractivity contribution < 1.29 is 19.2 Å². The second-order valence-electron chi connectivity index (χ2n) is 9.66. The molecule has 2 fully saturated rings. The number of carbonyl (C=O) groups is 4. The van der Waals surface area contributed by atoms with Gasteiger partial charge in [0.25, 0.3) is 5.91 Å². The average Bonchev–Trinajstić information content (AvgIpc) is 3.30. The highest BCUT2D eigenvalue weighted by atomic mass is 16.2. The molecule has 0 unspecified atom stereocenters. The van der Waals surface area contributed by atoms with Gasteiger partial charge >= 0.3 is 0 Å². The topological polar surface area (TPSA) is 90.9 Å². The predicted molar refractivity (Wildman–Crippen MR) is 138 cm³/mol. The van der Waals surface area contributed by atoms with E-state index in [-0.39, 0.29) is 18.2 Å². The lowest BCUT2D eigenvalue weighted by Gasteiger charge is -2.37. The number of pyridine rings is 1. The molecule has 4 heterocycles. The number of rotatable bonds is 4. The molecule has 3 aromatic rings. The average molecular weight is 495 g/mol. The smallest absolute Gasteiger partial charge is 0.257 e. The van der Waals surface area contributed by atoms with E-state index >= 15 is 0 Å². The molecule has 0 bridgehead atoms. The van der Waals surface area contributed by atoms with Gasteiger partial charge in [0.2, 0.25) is 17.7 Å². The molecule has 186 valence electrons. The molecule has 4 amide bonds. The van der Waals surface area contributed by atoms with Crippen molar-refractivity contribution in [3.8, 4) is 0 Å². The predicted octanol–water partition coefficient (Wildman–Crippen LogP) is 3.22. The number of hydrogen-bond donors (Lipinski definition) is 0. The summed E-state index contributed by atoms with van der Waals surface area (Å²) in [7, 11) is 0. The Balaban J connectivity index is 1.55. The van der Waals surface area contributed by atoms with E-state index in [2.05, 4.69) is 4.98 Å². The van der Waals surface area contributed by atoms with Crippen LogP contribution in [0.4, 0.5) is 17.1 Å².